The molecule has 4 nitrogen and oxygen atoms in total. The molecule has 1 aliphatic carbocycles. The van der Waals surface area contributed by atoms with Gasteiger partial charge in [-0.15, -0.1) is 0 Å². The van der Waals surface area contributed by atoms with E-state index in [1.165, 1.54) is 5.56 Å². The molecule has 1 N–H and O–H groups in total. The topological polar surface area (TPSA) is 55.8 Å². The van der Waals surface area contributed by atoms with Gasteiger partial charge in [0.1, 0.15) is 0 Å². The molecular weight excluding hydrogens is 268 g/mol. The lowest BCUT2D eigenvalue weighted by molar-refractivity contribution is -0.139. The maximum atomic E-state index is 11.1. The highest BCUT2D eigenvalue weighted by atomic mass is 16.5. The first-order chi connectivity index (χ1) is 10.1. The molecule has 0 amide bonds. The zero-order valence-electron chi connectivity index (χ0n) is 12.9. The van der Waals surface area contributed by atoms with Gasteiger partial charge in [-0.25, -0.2) is 0 Å². The molecule has 1 fully saturated rings. The highest BCUT2D eigenvalue weighted by molar-refractivity contribution is 5.67. The van der Waals surface area contributed by atoms with Crippen molar-refractivity contribution in [3.8, 4) is 11.5 Å². The third kappa shape index (κ3) is 3.90. The number of carboxylic acids is 1. The minimum Gasteiger partial charge on any atom is -0.493 e. The van der Waals surface area contributed by atoms with Gasteiger partial charge in [0.05, 0.1) is 20.6 Å². The Hall–Kier alpha value is -1.71. The lowest BCUT2D eigenvalue weighted by Gasteiger charge is -2.27. The van der Waals surface area contributed by atoms with E-state index in [1.807, 2.05) is 18.2 Å². The molecule has 0 spiro atoms. The Bertz CT molecular complexity index is 490. The number of ether oxygens (including phenoxy) is 2. The van der Waals surface area contributed by atoms with Gasteiger partial charge < -0.3 is 14.6 Å². The predicted octanol–water partition coefficient (Wildman–Crippen LogP) is 3.67. The van der Waals surface area contributed by atoms with Gasteiger partial charge in [0, 0.05) is 0 Å². The molecule has 0 unspecified atom stereocenters. The van der Waals surface area contributed by atoms with Gasteiger partial charge in [-0.1, -0.05) is 18.9 Å². The summed E-state index contributed by atoms with van der Waals surface area (Å²) in [5.41, 5.74) is 1.16. The average Bonchev–Trinajstić information content (AvgIpc) is 2.92. The van der Waals surface area contributed by atoms with Crippen molar-refractivity contribution < 1.29 is 19.4 Å². The van der Waals surface area contributed by atoms with Crippen molar-refractivity contribution in [1.82, 2.24) is 0 Å². The Morgan fingerprint density at radius 1 is 1.19 bits per heavy atom. The van der Waals surface area contributed by atoms with E-state index in [4.69, 9.17) is 14.6 Å². The van der Waals surface area contributed by atoms with E-state index in [1.54, 1.807) is 14.2 Å². The molecule has 0 atom stereocenters. The highest BCUT2D eigenvalue weighted by Crippen LogP contribution is 2.45. The van der Waals surface area contributed by atoms with Crippen LogP contribution in [-0.4, -0.2) is 25.3 Å². The standard InChI is InChI=1S/C17H24O4/c1-20-14-6-5-13(11-15(14)21-2)7-10-17(12-16(18)19)8-3-4-9-17/h5-6,11H,3-4,7-10,12H2,1-2H3,(H,18,19). The Morgan fingerprint density at radius 2 is 1.86 bits per heavy atom. The van der Waals surface area contributed by atoms with Crippen LogP contribution in [0.5, 0.6) is 11.5 Å². The Labute approximate surface area is 126 Å². The van der Waals surface area contributed by atoms with Crippen LogP contribution in [0.4, 0.5) is 0 Å². The van der Waals surface area contributed by atoms with Crippen LogP contribution in [0.2, 0.25) is 0 Å². The van der Waals surface area contributed by atoms with Gasteiger partial charge in [0.25, 0.3) is 0 Å². The summed E-state index contributed by atoms with van der Waals surface area (Å²) in [5, 5.41) is 9.15. The smallest absolute Gasteiger partial charge is 0.303 e. The molecule has 0 radical (unpaired) electrons. The van der Waals surface area contributed by atoms with Gasteiger partial charge in [0.2, 0.25) is 0 Å². The number of hydrogen-bond donors (Lipinski definition) is 1. The van der Waals surface area contributed by atoms with E-state index in [2.05, 4.69) is 0 Å². The van der Waals surface area contributed by atoms with E-state index < -0.39 is 5.97 Å². The van der Waals surface area contributed by atoms with Crippen molar-refractivity contribution in [3.05, 3.63) is 23.8 Å². The third-order valence-corrected chi connectivity index (χ3v) is 4.58. The molecule has 21 heavy (non-hydrogen) atoms. The monoisotopic (exact) mass is 292 g/mol. The molecule has 0 heterocycles. The molecule has 0 bridgehead atoms. The number of benzene rings is 1. The molecular formula is C17H24O4. The summed E-state index contributed by atoms with van der Waals surface area (Å²) in [6.45, 7) is 0. The van der Waals surface area contributed by atoms with Crippen molar-refractivity contribution >= 4 is 5.97 Å². The zero-order valence-corrected chi connectivity index (χ0v) is 12.9. The van der Waals surface area contributed by atoms with Crippen LogP contribution in [-0.2, 0) is 11.2 Å². The second-order valence-corrected chi connectivity index (χ2v) is 5.97. The summed E-state index contributed by atoms with van der Waals surface area (Å²) in [5.74, 6) is 0.778. The van der Waals surface area contributed by atoms with Gasteiger partial charge in [-0.05, 0) is 48.8 Å². The zero-order chi connectivity index (χ0) is 15.3. The van der Waals surface area contributed by atoms with Crippen molar-refractivity contribution in [1.29, 1.82) is 0 Å². The van der Waals surface area contributed by atoms with Gasteiger partial charge in [-0.2, -0.15) is 0 Å². The lowest BCUT2D eigenvalue weighted by atomic mass is 9.77. The normalized spacial score (nSPS) is 16.7. The number of hydrogen-bond acceptors (Lipinski definition) is 3. The highest BCUT2D eigenvalue weighted by Gasteiger charge is 2.35. The molecule has 2 rings (SSSR count). The molecule has 1 aromatic rings. The summed E-state index contributed by atoms with van der Waals surface area (Å²) >= 11 is 0. The second-order valence-electron chi connectivity index (χ2n) is 5.97. The second kappa shape index (κ2) is 6.83. The van der Waals surface area contributed by atoms with Gasteiger partial charge in [0.15, 0.2) is 11.5 Å². The number of methoxy groups -OCH3 is 2. The van der Waals surface area contributed by atoms with Crippen LogP contribution in [0.1, 0.15) is 44.1 Å². The fourth-order valence-electron chi connectivity index (χ4n) is 3.41. The number of aliphatic carboxylic acids is 1. The maximum absolute atomic E-state index is 11.1. The quantitative estimate of drug-likeness (QED) is 0.833. The number of carbonyl (C=O) groups is 1. The molecule has 1 aromatic carbocycles. The first-order valence-corrected chi connectivity index (χ1v) is 7.51. The fourth-order valence-corrected chi connectivity index (χ4v) is 3.41. The van der Waals surface area contributed by atoms with E-state index in [0.717, 1.165) is 50.0 Å². The number of carboxylic acid groups (broad SMARTS) is 1. The van der Waals surface area contributed by atoms with Crippen molar-refractivity contribution in [2.45, 2.75) is 44.9 Å². The summed E-state index contributed by atoms with van der Waals surface area (Å²) in [6.07, 6.45) is 6.47. The van der Waals surface area contributed by atoms with E-state index in [9.17, 15) is 4.79 Å². The third-order valence-electron chi connectivity index (χ3n) is 4.58. The van der Waals surface area contributed by atoms with E-state index in [0.29, 0.717) is 6.42 Å². The van der Waals surface area contributed by atoms with Crippen LogP contribution >= 0.6 is 0 Å². The molecule has 0 aromatic heterocycles. The molecule has 1 aliphatic rings. The van der Waals surface area contributed by atoms with E-state index >= 15 is 0 Å². The maximum Gasteiger partial charge on any atom is 0.303 e. The van der Waals surface area contributed by atoms with Gasteiger partial charge in [-0.3, -0.25) is 4.79 Å². The molecule has 4 heteroatoms. The minimum absolute atomic E-state index is 0.0149. The fraction of sp³-hybridized carbons (Fsp3) is 0.588. The largest absolute Gasteiger partial charge is 0.493 e. The number of rotatable bonds is 7. The summed E-state index contributed by atoms with van der Waals surface area (Å²) in [7, 11) is 3.25. The number of aryl methyl sites for hydroxylation is 1. The molecule has 0 aliphatic heterocycles. The van der Waals surface area contributed by atoms with Crippen molar-refractivity contribution in [2.24, 2.45) is 5.41 Å². The van der Waals surface area contributed by atoms with Crippen LogP contribution in [0.15, 0.2) is 18.2 Å². The molecule has 1 saturated carbocycles. The summed E-state index contributed by atoms with van der Waals surface area (Å²) < 4.78 is 10.6. The molecule has 0 saturated heterocycles. The summed E-state index contributed by atoms with van der Waals surface area (Å²) in [4.78, 5) is 11.1. The van der Waals surface area contributed by atoms with Gasteiger partial charge >= 0.3 is 5.97 Å². The van der Waals surface area contributed by atoms with Crippen molar-refractivity contribution in [2.75, 3.05) is 14.2 Å². The first-order valence-electron chi connectivity index (χ1n) is 7.51. The predicted molar refractivity (Wildman–Crippen MR) is 81.0 cm³/mol. The van der Waals surface area contributed by atoms with Crippen LogP contribution < -0.4 is 9.47 Å². The van der Waals surface area contributed by atoms with E-state index in [-0.39, 0.29) is 5.41 Å². The average molecular weight is 292 g/mol. The summed E-state index contributed by atoms with van der Waals surface area (Å²) in [6, 6.07) is 5.93. The van der Waals surface area contributed by atoms with Crippen molar-refractivity contribution in [3.63, 3.8) is 0 Å². The Kier molecular flexibility index (Phi) is 5.10. The Balaban J connectivity index is 2.05. The SMILES string of the molecule is COc1ccc(CCC2(CC(=O)O)CCCC2)cc1OC. The van der Waals surface area contributed by atoms with Crippen LogP contribution in [0.25, 0.3) is 0 Å². The molecule has 116 valence electrons. The lowest BCUT2D eigenvalue weighted by Crippen LogP contribution is -2.21. The van der Waals surface area contributed by atoms with Crippen LogP contribution in [0.3, 0.4) is 0 Å². The van der Waals surface area contributed by atoms with Crippen LogP contribution in [0, 0.1) is 5.41 Å². The first kappa shape index (κ1) is 15.7. The minimum atomic E-state index is -0.677. The Morgan fingerprint density at radius 3 is 2.43 bits per heavy atom.